The number of carboxylic acid groups (broad SMARTS) is 1. The maximum absolute atomic E-state index is 11.4. The standard InChI is InChI=1S/C16H21N3O2/c20-16(21)13-7-10-1-2-12(13)9-19(8-10)14-5-6-17-15(18-14)11-3-4-11/h5-6,10-13H,1-4,7-9H2,(H,20,21). The van der Waals surface area contributed by atoms with E-state index in [-0.39, 0.29) is 11.8 Å². The molecule has 0 radical (unpaired) electrons. The van der Waals surface area contributed by atoms with Crippen molar-refractivity contribution in [3.63, 3.8) is 0 Å². The van der Waals surface area contributed by atoms with Gasteiger partial charge in [0.15, 0.2) is 0 Å². The molecule has 5 nitrogen and oxygen atoms in total. The van der Waals surface area contributed by atoms with E-state index in [2.05, 4.69) is 9.88 Å². The Morgan fingerprint density at radius 3 is 2.86 bits per heavy atom. The van der Waals surface area contributed by atoms with Crippen LogP contribution in [0.3, 0.4) is 0 Å². The number of hydrogen-bond acceptors (Lipinski definition) is 4. The number of aromatic nitrogens is 2. The number of hydrogen-bond donors (Lipinski definition) is 1. The average molecular weight is 287 g/mol. The molecule has 112 valence electrons. The van der Waals surface area contributed by atoms with Gasteiger partial charge < -0.3 is 10.0 Å². The molecule has 1 aromatic heterocycles. The smallest absolute Gasteiger partial charge is 0.306 e. The highest BCUT2D eigenvalue weighted by Crippen LogP contribution is 2.41. The number of aliphatic carboxylic acids is 1. The summed E-state index contributed by atoms with van der Waals surface area (Å²) in [5.41, 5.74) is 0. The van der Waals surface area contributed by atoms with Crippen LogP contribution < -0.4 is 4.90 Å². The summed E-state index contributed by atoms with van der Waals surface area (Å²) < 4.78 is 0. The fourth-order valence-electron chi connectivity index (χ4n) is 3.94. The van der Waals surface area contributed by atoms with E-state index in [1.165, 1.54) is 12.8 Å². The zero-order chi connectivity index (χ0) is 14.4. The van der Waals surface area contributed by atoms with Crippen molar-refractivity contribution >= 4 is 11.8 Å². The van der Waals surface area contributed by atoms with E-state index in [4.69, 9.17) is 4.98 Å². The van der Waals surface area contributed by atoms with Crippen molar-refractivity contribution in [2.45, 2.75) is 38.0 Å². The van der Waals surface area contributed by atoms with Gasteiger partial charge in [-0.3, -0.25) is 4.79 Å². The van der Waals surface area contributed by atoms with Gasteiger partial charge in [0, 0.05) is 25.2 Å². The van der Waals surface area contributed by atoms with Crippen LogP contribution in [0, 0.1) is 17.8 Å². The Hall–Kier alpha value is -1.65. The van der Waals surface area contributed by atoms with Gasteiger partial charge in [-0.1, -0.05) is 0 Å². The molecule has 3 heterocycles. The van der Waals surface area contributed by atoms with E-state index in [1.54, 1.807) is 0 Å². The molecule has 0 amide bonds. The minimum Gasteiger partial charge on any atom is -0.481 e. The lowest BCUT2D eigenvalue weighted by atomic mass is 9.76. The van der Waals surface area contributed by atoms with Crippen molar-refractivity contribution in [1.82, 2.24) is 9.97 Å². The molecule has 4 aliphatic rings. The largest absolute Gasteiger partial charge is 0.481 e. The van der Waals surface area contributed by atoms with Crippen molar-refractivity contribution in [3.05, 3.63) is 18.1 Å². The van der Waals surface area contributed by atoms with Gasteiger partial charge in [0.05, 0.1) is 5.92 Å². The molecule has 1 aromatic rings. The number of nitrogens with zero attached hydrogens (tertiary/aromatic N) is 3. The molecule has 5 rings (SSSR count). The van der Waals surface area contributed by atoms with Gasteiger partial charge in [-0.25, -0.2) is 9.97 Å². The fraction of sp³-hybridized carbons (Fsp3) is 0.688. The second-order valence-electron chi connectivity index (χ2n) is 6.84. The summed E-state index contributed by atoms with van der Waals surface area (Å²) in [5, 5.41) is 9.42. The third-order valence-electron chi connectivity index (χ3n) is 5.28. The molecule has 5 heteroatoms. The molecule has 0 aromatic carbocycles. The van der Waals surface area contributed by atoms with Gasteiger partial charge in [0.1, 0.15) is 11.6 Å². The van der Waals surface area contributed by atoms with Gasteiger partial charge in [-0.15, -0.1) is 0 Å². The molecule has 4 fully saturated rings. The van der Waals surface area contributed by atoms with Crippen molar-refractivity contribution in [1.29, 1.82) is 0 Å². The van der Waals surface area contributed by atoms with Crippen LogP contribution in [-0.4, -0.2) is 34.1 Å². The van der Waals surface area contributed by atoms with E-state index in [0.29, 0.717) is 11.8 Å². The van der Waals surface area contributed by atoms with Crippen LogP contribution >= 0.6 is 0 Å². The van der Waals surface area contributed by atoms with Gasteiger partial charge >= 0.3 is 5.97 Å². The lowest BCUT2D eigenvalue weighted by Gasteiger charge is -2.28. The van der Waals surface area contributed by atoms with E-state index >= 15 is 0 Å². The summed E-state index contributed by atoms with van der Waals surface area (Å²) in [7, 11) is 0. The molecule has 0 spiro atoms. The molecule has 1 N–H and O–H groups in total. The Bertz CT molecular complexity index is 558. The minimum atomic E-state index is -0.618. The van der Waals surface area contributed by atoms with Crippen LogP contribution in [0.15, 0.2) is 12.3 Å². The highest BCUT2D eigenvalue weighted by molar-refractivity contribution is 5.70. The summed E-state index contributed by atoms with van der Waals surface area (Å²) in [4.78, 5) is 22.9. The fourth-order valence-corrected chi connectivity index (χ4v) is 3.94. The maximum atomic E-state index is 11.4. The quantitative estimate of drug-likeness (QED) is 0.924. The Kier molecular flexibility index (Phi) is 3.08. The van der Waals surface area contributed by atoms with Crippen LogP contribution in [0.5, 0.6) is 0 Å². The first-order chi connectivity index (χ1) is 10.2. The molecule has 2 saturated carbocycles. The Labute approximate surface area is 124 Å². The average Bonchev–Trinajstić information content (AvgIpc) is 3.33. The maximum Gasteiger partial charge on any atom is 0.306 e. The molecule has 3 atom stereocenters. The summed E-state index contributed by atoms with van der Waals surface area (Å²) in [6, 6.07) is 1.98. The summed E-state index contributed by atoms with van der Waals surface area (Å²) in [6.45, 7) is 1.77. The topological polar surface area (TPSA) is 66.3 Å². The lowest BCUT2D eigenvalue weighted by Crippen LogP contribution is -2.32. The third kappa shape index (κ3) is 2.49. The number of anilines is 1. The summed E-state index contributed by atoms with van der Waals surface area (Å²) in [5.74, 6) is 2.49. The van der Waals surface area contributed by atoms with E-state index < -0.39 is 5.97 Å². The van der Waals surface area contributed by atoms with Crippen molar-refractivity contribution in [2.75, 3.05) is 18.0 Å². The van der Waals surface area contributed by atoms with Crippen LogP contribution in [0.4, 0.5) is 5.82 Å². The molecule has 2 bridgehead atoms. The number of carbonyl (C=O) groups is 1. The molecule has 2 saturated heterocycles. The molecule has 21 heavy (non-hydrogen) atoms. The third-order valence-corrected chi connectivity index (χ3v) is 5.28. The number of carboxylic acids is 1. The second kappa shape index (κ2) is 4.97. The SMILES string of the molecule is O=C(O)C1CC2CCC1CN(c1ccnc(C3CC3)n1)C2. The predicted molar refractivity (Wildman–Crippen MR) is 78.2 cm³/mol. The number of rotatable bonds is 3. The van der Waals surface area contributed by atoms with Crippen LogP contribution in [0.25, 0.3) is 0 Å². The van der Waals surface area contributed by atoms with Gasteiger partial charge in [-0.05, 0) is 50.0 Å². The van der Waals surface area contributed by atoms with E-state index in [1.807, 2.05) is 12.3 Å². The highest BCUT2D eigenvalue weighted by Gasteiger charge is 2.40. The molecule has 2 aliphatic heterocycles. The van der Waals surface area contributed by atoms with Gasteiger partial charge in [0.25, 0.3) is 0 Å². The van der Waals surface area contributed by atoms with Crippen LogP contribution in [0.1, 0.15) is 43.8 Å². The van der Waals surface area contributed by atoms with Crippen molar-refractivity contribution < 1.29 is 9.90 Å². The normalized spacial score (nSPS) is 32.0. The monoisotopic (exact) mass is 287 g/mol. The summed E-state index contributed by atoms with van der Waals surface area (Å²) >= 11 is 0. The number of fused-ring (bicyclic) bond motifs is 4. The van der Waals surface area contributed by atoms with Crippen LogP contribution in [0.2, 0.25) is 0 Å². The highest BCUT2D eigenvalue weighted by atomic mass is 16.4. The first-order valence-electron chi connectivity index (χ1n) is 8.01. The second-order valence-corrected chi connectivity index (χ2v) is 6.84. The Balaban J connectivity index is 1.58. The molecule has 2 aliphatic carbocycles. The van der Waals surface area contributed by atoms with Gasteiger partial charge in [-0.2, -0.15) is 0 Å². The van der Waals surface area contributed by atoms with Crippen molar-refractivity contribution in [2.24, 2.45) is 17.8 Å². The molecule has 3 unspecified atom stereocenters. The lowest BCUT2D eigenvalue weighted by molar-refractivity contribution is -0.145. The molecular weight excluding hydrogens is 266 g/mol. The predicted octanol–water partition coefficient (Wildman–Crippen LogP) is 2.29. The molecular formula is C16H21N3O2. The zero-order valence-electron chi connectivity index (χ0n) is 12.1. The Morgan fingerprint density at radius 1 is 1.24 bits per heavy atom. The Morgan fingerprint density at radius 2 is 2.10 bits per heavy atom. The van der Waals surface area contributed by atoms with Gasteiger partial charge in [0.2, 0.25) is 0 Å². The first kappa shape index (κ1) is 13.0. The van der Waals surface area contributed by atoms with E-state index in [9.17, 15) is 9.90 Å². The zero-order valence-corrected chi connectivity index (χ0v) is 12.1. The first-order valence-corrected chi connectivity index (χ1v) is 8.01. The van der Waals surface area contributed by atoms with Crippen molar-refractivity contribution in [3.8, 4) is 0 Å². The van der Waals surface area contributed by atoms with E-state index in [0.717, 1.165) is 44.0 Å². The van der Waals surface area contributed by atoms with Crippen LogP contribution in [-0.2, 0) is 4.79 Å². The minimum absolute atomic E-state index is 0.168. The summed E-state index contributed by atoms with van der Waals surface area (Å²) in [6.07, 6.45) is 7.30.